The average molecular weight is 650 g/mol. The fourth-order valence-corrected chi connectivity index (χ4v) is 8.78. The minimum atomic E-state index is -0.687. The number of nitrogens with zero attached hydrogens (tertiary/aromatic N) is 1. The molecule has 4 unspecified atom stereocenters. The summed E-state index contributed by atoms with van der Waals surface area (Å²) in [4.78, 5) is 30.6. The van der Waals surface area contributed by atoms with E-state index < -0.39 is 22.9 Å². The number of aliphatic hydroxyl groups excluding tert-OH is 1. The molecule has 2 fully saturated rings. The van der Waals surface area contributed by atoms with Gasteiger partial charge in [-0.3, -0.25) is 4.79 Å². The second-order valence-electron chi connectivity index (χ2n) is 13.3. The van der Waals surface area contributed by atoms with Crippen LogP contribution in [0.1, 0.15) is 90.2 Å². The summed E-state index contributed by atoms with van der Waals surface area (Å²) in [7, 11) is 0. The molecule has 2 aromatic carbocycles. The first-order valence-electron chi connectivity index (χ1n) is 16.0. The largest absolute Gasteiger partial charge is 0.440 e. The van der Waals surface area contributed by atoms with E-state index in [1.807, 2.05) is 29.2 Å². The Bertz CT molecular complexity index is 1590. The molecule has 7 rings (SSSR count). The summed E-state index contributed by atoms with van der Waals surface area (Å²) < 4.78 is 21.3. The lowest BCUT2D eigenvalue weighted by Gasteiger charge is -2.43. The molecule has 1 spiro atoms. The highest BCUT2D eigenvalue weighted by Gasteiger charge is 2.63. The van der Waals surface area contributed by atoms with Gasteiger partial charge in [0.2, 0.25) is 0 Å². The molecule has 8 heteroatoms. The molecule has 0 radical (unpaired) electrons. The van der Waals surface area contributed by atoms with Gasteiger partial charge in [-0.05, 0) is 105 Å². The molecule has 1 N–H and O–H groups in total. The van der Waals surface area contributed by atoms with Gasteiger partial charge in [0.05, 0.1) is 12.6 Å². The summed E-state index contributed by atoms with van der Waals surface area (Å²) in [6.07, 6.45) is 6.95. The molecule has 1 saturated heterocycles. The minimum Gasteiger partial charge on any atom is -0.440 e. The number of benzene rings is 2. The molecule has 238 valence electrons. The van der Waals surface area contributed by atoms with Gasteiger partial charge in [-0.2, -0.15) is 0 Å². The lowest BCUT2D eigenvalue weighted by atomic mass is 9.64. The van der Waals surface area contributed by atoms with Gasteiger partial charge in [-0.1, -0.05) is 54.4 Å². The van der Waals surface area contributed by atoms with Crippen molar-refractivity contribution in [2.45, 2.75) is 89.3 Å². The van der Waals surface area contributed by atoms with Gasteiger partial charge in [0.1, 0.15) is 11.4 Å². The first kappa shape index (κ1) is 32.0. The number of fused-ring (bicyclic) bond motifs is 8. The van der Waals surface area contributed by atoms with Gasteiger partial charge in [-0.25, -0.2) is 9.18 Å². The van der Waals surface area contributed by atoms with Crippen LogP contribution in [0.25, 0.3) is 0 Å². The van der Waals surface area contributed by atoms with E-state index >= 15 is 0 Å². The number of ether oxygens (including phenoxy) is 1. The van der Waals surface area contributed by atoms with Crippen molar-refractivity contribution in [3.63, 3.8) is 0 Å². The van der Waals surface area contributed by atoms with Crippen LogP contribution in [0.15, 0.2) is 65.6 Å². The van der Waals surface area contributed by atoms with Crippen molar-refractivity contribution in [2.24, 2.45) is 5.41 Å². The molecule has 1 saturated carbocycles. The number of thiophene rings is 1. The Morgan fingerprint density at radius 1 is 1.18 bits per heavy atom. The molecule has 4 atom stereocenters. The van der Waals surface area contributed by atoms with E-state index in [0.29, 0.717) is 37.9 Å². The molecule has 3 aliphatic carbocycles. The van der Waals surface area contributed by atoms with Gasteiger partial charge in [0.25, 0.3) is 0 Å². The van der Waals surface area contributed by atoms with Crippen LogP contribution in [0, 0.1) is 11.2 Å². The standard InChI is InChI=1S/C37H41ClFNO4S/c1-24-6-4-16-36(2)31(14-17-37(36)23-40(35(43)44-37)18-15-27-7-5-19-45-27)28-13-11-25(20-26(41)12-10-24)21-29(28)34(42)22-30-32(38)8-3-9-33(30)39/h3,5-9,11,13,19,21,26,31,41H,4,10,12,14-18,20,22-23H2,1-2H3. The highest BCUT2D eigenvalue weighted by Crippen LogP contribution is 2.61. The molecule has 2 heterocycles. The van der Waals surface area contributed by atoms with Crippen molar-refractivity contribution in [1.29, 1.82) is 0 Å². The van der Waals surface area contributed by atoms with Crippen molar-refractivity contribution in [3.05, 3.63) is 104 Å². The van der Waals surface area contributed by atoms with E-state index in [2.05, 4.69) is 31.4 Å². The molecule has 3 aromatic rings. The summed E-state index contributed by atoms with van der Waals surface area (Å²) in [5, 5.41) is 13.1. The van der Waals surface area contributed by atoms with Crippen molar-refractivity contribution < 1.29 is 23.8 Å². The van der Waals surface area contributed by atoms with Gasteiger partial charge in [-0.15, -0.1) is 11.3 Å². The van der Waals surface area contributed by atoms with Crippen LogP contribution in [0.4, 0.5) is 9.18 Å². The third-order valence-electron chi connectivity index (χ3n) is 10.5. The number of aliphatic hydroxyl groups is 1. The molecule has 5 nitrogen and oxygen atoms in total. The summed E-state index contributed by atoms with van der Waals surface area (Å²) in [5.41, 5.74) is 2.60. The number of carbonyl (C=O) groups excluding carboxylic acids is 2. The van der Waals surface area contributed by atoms with E-state index in [0.717, 1.165) is 43.2 Å². The van der Waals surface area contributed by atoms with Crippen LogP contribution in [-0.2, 0) is 24.0 Å². The number of Topliss-reactive ketones (excluding diaryl/α,β-unsaturated/α-hetero) is 1. The van der Waals surface area contributed by atoms with Crippen LogP contribution in [0.3, 0.4) is 0 Å². The normalized spacial score (nSPS) is 26.9. The van der Waals surface area contributed by atoms with Gasteiger partial charge in [0.15, 0.2) is 5.78 Å². The van der Waals surface area contributed by atoms with E-state index in [4.69, 9.17) is 16.3 Å². The Morgan fingerprint density at radius 3 is 2.80 bits per heavy atom. The fourth-order valence-electron chi connectivity index (χ4n) is 7.86. The number of hydrogen-bond acceptors (Lipinski definition) is 5. The predicted octanol–water partition coefficient (Wildman–Crippen LogP) is 8.71. The molecular formula is C37H41ClFNO4S. The maximum absolute atomic E-state index is 14.8. The van der Waals surface area contributed by atoms with E-state index in [9.17, 15) is 19.1 Å². The first-order chi connectivity index (χ1) is 21.6. The zero-order valence-corrected chi connectivity index (χ0v) is 27.6. The summed E-state index contributed by atoms with van der Waals surface area (Å²) >= 11 is 8.05. The average Bonchev–Trinajstić information content (AvgIpc) is 3.71. The number of allylic oxidation sites excluding steroid dienone is 2. The highest BCUT2D eigenvalue weighted by molar-refractivity contribution is 7.09. The Labute approximate surface area is 274 Å². The maximum Gasteiger partial charge on any atom is 0.410 e. The van der Waals surface area contributed by atoms with Crippen molar-refractivity contribution >= 4 is 34.8 Å². The van der Waals surface area contributed by atoms with Gasteiger partial charge in [0, 0.05) is 39.4 Å². The molecule has 1 amide bonds. The van der Waals surface area contributed by atoms with Crippen LogP contribution >= 0.6 is 22.9 Å². The van der Waals surface area contributed by atoms with Gasteiger partial charge < -0.3 is 14.7 Å². The summed E-state index contributed by atoms with van der Waals surface area (Å²) in [6.45, 7) is 5.47. The molecule has 45 heavy (non-hydrogen) atoms. The van der Waals surface area contributed by atoms with E-state index in [1.165, 1.54) is 22.6 Å². The predicted molar refractivity (Wildman–Crippen MR) is 177 cm³/mol. The van der Waals surface area contributed by atoms with E-state index in [-0.39, 0.29) is 34.8 Å². The fraction of sp³-hybridized carbons (Fsp3) is 0.459. The third kappa shape index (κ3) is 6.36. The Hall–Kier alpha value is -3.00. The zero-order chi connectivity index (χ0) is 31.8. The molecule has 4 aliphatic rings. The quantitative estimate of drug-likeness (QED) is 0.214. The number of rotatable bonds is 6. The lowest BCUT2D eigenvalue weighted by molar-refractivity contribution is -0.0373. The van der Waals surface area contributed by atoms with Crippen LogP contribution in [-0.4, -0.2) is 46.7 Å². The molecule has 2 bridgehead atoms. The van der Waals surface area contributed by atoms with Crippen molar-refractivity contribution in [2.75, 3.05) is 13.1 Å². The maximum atomic E-state index is 14.8. The first-order valence-corrected chi connectivity index (χ1v) is 17.3. The number of amides is 1. The second-order valence-corrected chi connectivity index (χ2v) is 14.8. The monoisotopic (exact) mass is 649 g/mol. The summed E-state index contributed by atoms with van der Waals surface area (Å²) in [5.74, 6) is -0.771. The second kappa shape index (κ2) is 13.0. The lowest BCUT2D eigenvalue weighted by Crippen LogP contribution is -2.48. The zero-order valence-electron chi connectivity index (χ0n) is 26.0. The van der Waals surface area contributed by atoms with Crippen LogP contribution in [0.5, 0.6) is 0 Å². The third-order valence-corrected chi connectivity index (χ3v) is 11.8. The minimum absolute atomic E-state index is 0.0618. The number of hydrogen-bond donors (Lipinski definition) is 1. The topological polar surface area (TPSA) is 66.8 Å². The Balaban J connectivity index is 1.39. The summed E-state index contributed by atoms with van der Waals surface area (Å²) in [6, 6.07) is 14.5. The Morgan fingerprint density at radius 2 is 2.02 bits per heavy atom. The molecule has 1 aromatic heterocycles. The number of halogens is 2. The van der Waals surface area contributed by atoms with E-state index in [1.54, 1.807) is 17.4 Å². The smallest absolute Gasteiger partial charge is 0.410 e. The van der Waals surface area contributed by atoms with Crippen molar-refractivity contribution in [3.8, 4) is 0 Å². The SMILES string of the molecule is CC1=CCCC2(C)C(CCC23CN(CCc2cccs2)C(=O)O3)c2ccc(cc2C(=O)Cc2c(F)cccc2Cl)CC(O)CC1. The van der Waals surface area contributed by atoms with Crippen LogP contribution < -0.4 is 0 Å². The number of carbonyl (C=O) groups is 2. The number of ketones is 1. The Kier molecular flexibility index (Phi) is 9.24. The van der Waals surface area contributed by atoms with Crippen molar-refractivity contribution in [1.82, 2.24) is 4.90 Å². The molecule has 1 aliphatic heterocycles. The molecular weight excluding hydrogens is 609 g/mol. The highest BCUT2D eigenvalue weighted by atomic mass is 35.5. The van der Waals surface area contributed by atoms with Crippen LogP contribution in [0.2, 0.25) is 5.02 Å². The van der Waals surface area contributed by atoms with Gasteiger partial charge >= 0.3 is 6.09 Å².